The minimum atomic E-state index is -0.114. The first kappa shape index (κ1) is 25.4. The van der Waals surface area contributed by atoms with Crippen molar-refractivity contribution in [3.63, 3.8) is 0 Å². The minimum Gasteiger partial charge on any atom is -0.228 e. The third-order valence-electron chi connectivity index (χ3n) is 10.3. The molecule has 0 saturated carbocycles. The van der Waals surface area contributed by atoms with Gasteiger partial charge in [-0.05, 0) is 85.6 Å². The molecule has 2 aliphatic carbocycles. The summed E-state index contributed by atoms with van der Waals surface area (Å²) in [4.78, 5) is 10.4. The first-order chi connectivity index (χ1) is 21.3. The molecule has 0 fully saturated rings. The molecule has 0 atom stereocenters. The Morgan fingerprint density at radius 1 is 0.432 bits per heavy atom. The largest absolute Gasteiger partial charge is 0.228 e. The monoisotopic (exact) mass is 564 g/mol. The van der Waals surface area contributed by atoms with Gasteiger partial charge in [-0.25, -0.2) is 9.97 Å². The van der Waals surface area contributed by atoms with Crippen LogP contribution in [0.25, 0.3) is 66.6 Å². The van der Waals surface area contributed by atoms with Crippen LogP contribution in [0, 0.1) is 0 Å². The zero-order valence-corrected chi connectivity index (χ0v) is 25.4. The van der Waals surface area contributed by atoms with Crippen LogP contribution in [0.3, 0.4) is 0 Å². The number of aromatic nitrogens is 2. The van der Waals surface area contributed by atoms with Crippen molar-refractivity contribution in [3.05, 3.63) is 144 Å². The van der Waals surface area contributed by atoms with Gasteiger partial charge >= 0.3 is 0 Å². The topological polar surface area (TPSA) is 25.8 Å². The van der Waals surface area contributed by atoms with Crippen molar-refractivity contribution in [2.75, 3.05) is 0 Å². The Balaban J connectivity index is 1.21. The van der Waals surface area contributed by atoms with Crippen LogP contribution in [0.1, 0.15) is 49.9 Å². The van der Waals surface area contributed by atoms with E-state index >= 15 is 0 Å². The SMILES string of the molecule is CC1(C)c2ccccc2-c2ccc(-c3nc(-c4ccc5c(c4)C(C)(C)c4cc6ccccc6cc4-5)c4ccccc4n3)cc21. The van der Waals surface area contributed by atoms with Gasteiger partial charge in [-0.15, -0.1) is 0 Å². The van der Waals surface area contributed by atoms with Gasteiger partial charge in [-0.3, -0.25) is 0 Å². The van der Waals surface area contributed by atoms with Gasteiger partial charge in [-0.2, -0.15) is 0 Å². The minimum absolute atomic E-state index is 0.0764. The Hall–Kier alpha value is -5.08. The molecule has 2 heteroatoms. The molecular formula is C42H32N2. The Bertz CT molecular complexity index is 2340. The summed E-state index contributed by atoms with van der Waals surface area (Å²) in [6, 6.07) is 44.3. The summed E-state index contributed by atoms with van der Waals surface area (Å²) in [5.74, 6) is 0.766. The van der Waals surface area contributed by atoms with Gasteiger partial charge in [0.15, 0.2) is 5.82 Å². The van der Waals surface area contributed by atoms with Crippen LogP contribution in [-0.2, 0) is 10.8 Å². The van der Waals surface area contributed by atoms with Crippen molar-refractivity contribution in [3.8, 4) is 44.9 Å². The molecule has 7 aromatic rings. The van der Waals surface area contributed by atoms with Crippen molar-refractivity contribution in [1.82, 2.24) is 9.97 Å². The summed E-state index contributed by atoms with van der Waals surface area (Å²) < 4.78 is 0. The smallest absolute Gasteiger partial charge is 0.160 e. The molecule has 210 valence electrons. The third-order valence-corrected chi connectivity index (χ3v) is 10.3. The van der Waals surface area contributed by atoms with Crippen LogP contribution in [0.4, 0.5) is 0 Å². The number of benzene rings is 6. The van der Waals surface area contributed by atoms with Gasteiger partial charge in [0.2, 0.25) is 0 Å². The van der Waals surface area contributed by atoms with E-state index in [1.165, 1.54) is 55.3 Å². The molecule has 1 heterocycles. The number of fused-ring (bicyclic) bond motifs is 8. The van der Waals surface area contributed by atoms with E-state index in [2.05, 4.69) is 149 Å². The summed E-state index contributed by atoms with van der Waals surface area (Å²) in [7, 11) is 0. The molecule has 0 saturated heterocycles. The standard InChI is InChI=1S/C42H32N2/c1-41(2)34-15-9-7-13-29(34)30-20-18-28(24-36(30)41)40-43-38-16-10-8-14-32(38)39(44-40)27-17-19-31-33-21-25-11-5-6-12-26(25)22-37(33)42(3,4)35(31)23-27/h5-24H,1-4H3. The number of rotatable bonds is 2. The molecule has 0 radical (unpaired) electrons. The van der Waals surface area contributed by atoms with Gasteiger partial charge in [0.25, 0.3) is 0 Å². The van der Waals surface area contributed by atoms with Crippen molar-refractivity contribution in [1.29, 1.82) is 0 Å². The number of para-hydroxylation sites is 1. The van der Waals surface area contributed by atoms with Crippen molar-refractivity contribution in [2.45, 2.75) is 38.5 Å². The van der Waals surface area contributed by atoms with E-state index in [1.54, 1.807) is 0 Å². The Labute approximate surface area is 258 Å². The molecule has 9 rings (SSSR count). The molecule has 1 aromatic heterocycles. The van der Waals surface area contributed by atoms with Gasteiger partial charge in [0.1, 0.15) is 0 Å². The summed E-state index contributed by atoms with van der Waals surface area (Å²) in [5.41, 5.74) is 14.7. The van der Waals surface area contributed by atoms with Crippen LogP contribution >= 0.6 is 0 Å². The highest BCUT2D eigenvalue weighted by molar-refractivity contribution is 5.97. The van der Waals surface area contributed by atoms with Gasteiger partial charge in [0, 0.05) is 27.3 Å². The van der Waals surface area contributed by atoms with E-state index in [0.717, 1.165) is 33.5 Å². The average molecular weight is 565 g/mol. The molecule has 0 bridgehead atoms. The number of hydrogen-bond donors (Lipinski definition) is 0. The summed E-state index contributed by atoms with van der Waals surface area (Å²) in [6.07, 6.45) is 0. The molecule has 0 spiro atoms. The lowest BCUT2D eigenvalue weighted by molar-refractivity contribution is 0.660. The van der Waals surface area contributed by atoms with Gasteiger partial charge in [0.05, 0.1) is 11.2 Å². The van der Waals surface area contributed by atoms with Crippen molar-refractivity contribution >= 4 is 21.7 Å². The van der Waals surface area contributed by atoms with E-state index < -0.39 is 0 Å². The Kier molecular flexibility index (Phi) is 5.05. The third kappa shape index (κ3) is 3.43. The van der Waals surface area contributed by atoms with E-state index in [-0.39, 0.29) is 10.8 Å². The number of hydrogen-bond acceptors (Lipinski definition) is 2. The maximum Gasteiger partial charge on any atom is 0.160 e. The zero-order chi connectivity index (χ0) is 29.8. The molecule has 0 N–H and O–H groups in total. The van der Waals surface area contributed by atoms with Crippen LogP contribution < -0.4 is 0 Å². The first-order valence-corrected chi connectivity index (χ1v) is 15.5. The fourth-order valence-electron chi connectivity index (χ4n) is 7.84. The second-order valence-corrected chi connectivity index (χ2v) is 13.5. The van der Waals surface area contributed by atoms with Crippen molar-refractivity contribution in [2.24, 2.45) is 0 Å². The summed E-state index contributed by atoms with van der Waals surface area (Å²) in [6.45, 7) is 9.34. The fourth-order valence-corrected chi connectivity index (χ4v) is 7.84. The van der Waals surface area contributed by atoms with E-state index in [4.69, 9.17) is 9.97 Å². The average Bonchev–Trinajstić information content (AvgIpc) is 3.42. The molecule has 2 nitrogen and oxygen atoms in total. The highest BCUT2D eigenvalue weighted by Gasteiger charge is 2.37. The van der Waals surface area contributed by atoms with Gasteiger partial charge < -0.3 is 0 Å². The molecule has 0 unspecified atom stereocenters. The lowest BCUT2D eigenvalue weighted by Gasteiger charge is -2.22. The van der Waals surface area contributed by atoms with Crippen LogP contribution in [0.5, 0.6) is 0 Å². The lowest BCUT2D eigenvalue weighted by atomic mass is 9.81. The van der Waals surface area contributed by atoms with E-state index in [9.17, 15) is 0 Å². The molecule has 2 aliphatic rings. The van der Waals surface area contributed by atoms with Crippen LogP contribution in [-0.4, -0.2) is 9.97 Å². The quantitative estimate of drug-likeness (QED) is 0.209. The first-order valence-electron chi connectivity index (χ1n) is 15.5. The predicted molar refractivity (Wildman–Crippen MR) is 183 cm³/mol. The molecule has 6 aromatic carbocycles. The summed E-state index contributed by atoms with van der Waals surface area (Å²) in [5, 5.41) is 3.65. The molecule has 44 heavy (non-hydrogen) atoms. The maximum atomic E-state index is 5.32. The second kappa shape index (κ2) is 8.74. The molecule has 0 aliphatic heterocycles. The number of nitrogens with zero attached hydrogens (tertiary/aromatic N) is 2. The fraction of sp³-hybridized carbons (Fsp3) is 0.143. The van der Waals surface area contributed by atoms with Gasteiger partial charge in [-0.1, -0.05) is 119 Å². The maximum absolute atomic E-state index is 5.32. The van der Waals surface area contributed by atoms with Crippen LogP contribution in [0.2, 0.25) is 0 Å². The molecule has 0 amide bonds. The predicted octanol–water partition coefficient (Wildman–Crippen LogP) is 10.7. The Morgan fingerprint density at radius 3 is 1.82 bits per heavy atom. The van der Waals surface area contributed by atoms with Crippen molar-refractivity contribution < 1.29 is 0 Å². The Morgan fingerprint density at radius 2 is 1.00 bits per heavy atom. The summed E-state index contributed by atoms with van der Waals surface area (Å²) >= 11 is 0. The lowest BCUT2D eigenvalue weighted by Crippen LogP contribution is -2.15. The molecular weight excluding hydrogens is 532 g/mol. The highest BCUT2D eigenvalue weighted by Crippen LogP contribution is 2.52. The van der Waals surface area contributed by atoms with E-state index in [0.29, 0.717) is 0 Å². The normalized spacial score (nSPS) is 15.2. The van der Waals surface area contributed by atoms with E-state index in [1.807, 2.05) is 0 Å². The zero-order valence-electron chi connectivity index (χ0n) is 25.4. The van der Waals surface area contributed by atoms with Crippen LogP contribution in [0.15, 0.2) is 121 Å². The second-order valence-electron chi connectivity index (χ2n) is 13.5. The highest BCUT2D eigenvalue weighted by atomic mass is 14.9.